The van der Waals surface area contributed by atoms with Crippen molar-refractivity contribution < 1.29 is 14.0 Å². The summed E-state index contributed by atoms with van der Waals surface area (Å²) in [6.45, 7) is 5.51. The Balaban J connectivity index is 2.00. The van der Waals surface area contributed by atoms with Crippen LogP contribution in [0.4, 0.5) is 14.9 Å². The van der Waals surface area contributed by atoms with Crippen LogP contribution in [0.5, 0.6) is 0 Å². The molecule has 6 heteroatoms. The average Bonchev–Trinajstić information content (AvgIpc) is 2.58. The summed E-state index contributed by atoms with van der Waals surface area (Å²) in [6.07, 6.45) is 0. The minimum atomic E-state index is -0.866. The van der Waals surface area contributed by atoms with Crippen molar-refractivity contribution in [2.75, 3.05) is 5.32 Å². The first-order valence-corrected chi connectivity index (χ1v) is 8.28. The Kier molecular flexibility index (Phi) is 4.75. The van der Waals surface area contributed by atoms with Crippen molar-refractivity contribution in [3.63, 3.8) is 0 Å². The first kappa shape index (κ1) is 17.7. The lowest BCUT2D eigenvalue weighted by Gasteiger charge is -2.29. The summed E-state index contributed by atoms with van der Waals surface area (Å²) in [5, 5.41) is 8.10. The van der Waals surface area contributed by atoms with E-state index >= 15 is 0 Å². The molecule has 0 saturated heterocycles. The molecule has 134 valence electrons. The monoisotopic (exact) mass is 353 g/mol. The van der Waals surface area contributed by atoms with Gasteiger partial charge in [-0.25, -0.2) is 9.18 Å². The lowest BCUT2D eigenvalue weighted by molar-refractivity contribution is -0.113. The Morgan fingerprint density at radius 1 is 1.08 bits per heavy atom. The van der Waals surface area contributed by atoms with Crippen LogP contribution >= 0.6 is 0 Å². The van der Waals surface area contributed by atoms with Crippen LogP contribution in [0.15, 0.2) is 53.7 Å². The maximum atomic E-state index is 14.3. The van der Waals surface area contributed by atoms with Gasteiger partial charge in [0, 0.05) is 16.9 Å². The normalized spacial score (nSPS) is 16.8. The standard InChI is InChI=1S/C20H20FN3O2/c1-11-7-6-10-16(12(11)2)23-19(25)17-13(3)22-20(26)24-18(17)14-8-4-5-9-15(14)21/h4-10,18H,1-3H3,(H,23,25)(H2,22,24,26). The number of hydrogen-bond donors (Lipinski definition) is 3. The molecule has 2 aromatic carbocycles. The lowest BCUT2D eigenvalue weighted by Crippen LogP contribution is -2.46. The molecule has 26 heavy (non-hydrogen) atoms. The second-order valence-corrected chi connectivity index (χ2v) is 6.29. The molecule has 1 aliphatic heterocycles. The minimum Gasteiger partial charge on any atom is -0.327 e. The number of nitrogens with one attached hydrogen (secondary N) is 3. The second-order valence-electron chi connectivity index (χ2n) is 6.29. The number of carbonyl (C=O) groups excluding carboxylic acids is 2. The fourth-order valence-electron chi connectivity index (χ4n) is 3.01. The molecule has 1 aliphatic rings. The molecule has 0 bridgehead atoms. The van der Waals surface area contributed by atoms with Gasteiger partial charge in [0.25, 0.3) is 5.91 Å². The predicted molar refractivity (Wildman–Crippen MR) is 98.1 cm³/mol. The average molecular weight is 353 g/mol. The van der Waals surface area contributed by atoms with E-state index in [4.69, 9.17) is 0 Å². The number of rotatable bonds is 3. The molecule has 5 nitrogen and oxygen atoms in total. The maximum Gasteiger partial charge on any atom is 0.319 e. The topological polar surface area (TPSA) is 70.2 Å². The number of benzene rings is 2. The number of urea groups is 1. The number of anilines is 1. The predicted octanol–water partition coefficient (Wildman–Crippen LogP) is 3.71. The van der Waals surface area contributed by atoms with Crippen molar-refractivity contribution >= 4 is 17.6 Å². The Morgan fingerprint density at radius 2 is 1.81 bits per heavy atom. The van der Waals surface area contributed by atoms with Gasteiger partial charge in [0.2, 0.25) is 0 Å². The Morgan fingerprint density at radius 3 is 2.54 bits per heavy atom. The number of carbonyl (C=O) groups is 2. The van der Waals surface area contributed by atoms with E-state index in [1.807, 2.05) is 32.0 Å². The molecule has 1 unspecified atom stereocenters. The van der Waals surface area contributed by atoms with Gasteiger partial charge in [-0.2, -0.15) is 0 Å². The summed E-state index contributed by atoms with van der Waals surface area (Å²) in [7, 11) is 0. The summed E-state index contributed by atoms with van der Waals surface area (Å²) in [5.74, 6) is -0.874. The molecule has 1 atom stereocenters. The van der Waals surface area contributed by atoms with Crippen molar-refractivity contribution in [1.29, 1.82) is 0 Å². The Hall–Kier alpha value is -3.15. The van der Waals surface area contributed by atoms with Gasteiger partial charge in [-0.15, -0.1) is 0 Å². The molecule has 3 amide bonds. The SMILES string of the molecule is CC1=C(C(=O)Nc2cccc(C)c2C)C(c2ccccc2F)NC(=O)N1. The second kappa shape index (κ2) is 7.00. The van der Waals surface area contributed by atoms with E-state index in [1.54, 1.807) is 25.1 Å². The molecule has 0 aliphatic carbocycles. The van der Waals surface area contributed by atoms with E-state index in [1.165, 1.54) is 6.07 Å². The summed E-state index contributed by atoms with van der Waals surface area (Å²) in [6, 6.07) is 10.4. The highest BCUT2D eigenvalue weighted by Crippen LogP contribution is 2.30. The third-order valence-electron chi connectivity index (χ3n) is 4.58. The van der Waals surface area contributed by atoms with Crippen LogP contribution in [-0.2, 0) is 4.79 Å². The zero-order valence-corrected chi connectivity index (χ0v) is 14.8. The van der Waals surface area contributed by atoms with Crippen LogP contribution in [-0.4, -0.2) is 11.9 Å². The van der Waals surface area contributed by atoms with Gasteiger partial charge >= 0.3 is 6.03 Å². The van der Waals surface area contributed by atoms with Crippen molar-refractivity contribution in [3.05, 3.63) is 76.2 Å². The summed E-state index contributed by atoms with van der Waals surface area (Å²) in [5.41, 5.74) is 3.59. The first-order valence-electron chi connectivity index (χ1n) is 8.28. The quantitative estimate of drug-likeness (QED) is 0.787. The summed E-state index contributed by atoms with van der Waals surface area (Å²) < 4.78 is 14.3. The Labute approximate surface area is 151 Å². The molecule has 0 spiro atoms. The number of hydrogen-bond acceptors (Lipinski definition) is 2. The molecule has 0 aromatic heterocycles. The molecular weight excluding hydrogens is 333 g/mol. The van der Waals surface area contributed by atoms with Gasteiger partial charge in [0.05, 0.1) is 11.6 Å². The zero-order chi connectivity index (χ0) is 18.8. The fraction of sp³-hybridized carbons (Fsp3) is 0.200. The van der Waals surface area contributed by atoms with Gasteiger partial charge in [0.15, 0.2) is 0 Å². The van der Waals surface area contributed by atoms with E-state index in [9.17, 15) is 14.0 Å². The largest absolute Gasteiger partial charge is 0.327 e. The highest BCUT2D eigenvalue weighted by Gasteiger charge is 2.32. The van der Waals surface area contributed by atoms with Gasteiger partial charge in [-0.05, 0) is 44.0 Å². The van der Waals surface area contributed by atoms with E-state index in [0.29, 0.717) is 11.4 Å². The van der Waals surface area contributed by atoms with Crippen molar-refractivity contribution in [1.82, 2.24) is 10.6 Å². The van der Waals surface area contributed by atoms with E-state index in [2.05, 4.69) is 16.0 Å². The van der Waals surface area contributed by atoms with E-state index in [-0.39, 0.29) is 11.1 Å². The van der Waals surface area contributed by atoms with E-state index in [0.717, 1.165) is 11.1 Å². The summed E-state index contributed by atoms with van der Waals surface area (Å²) >= 11 is 0. The molecular formula is C20H20FN3O2. The number of halogens is 1. The maximum absolute atomic E-state index is 14.3. The lowest BCUT2D eigenvalue weighted by atomic mass is 9.94. The number of allylic oxidation sites excluding steroid dienone is 1. The van der Waals surface area contributed by atoms with Crippen molar-refractivity contribution in [3.8, 4) is 0 Å². The van der Waals surface area contributed by atoms with Gasteiger partial charge < -0.3 is 16.0 Å². The molecule has 3 N–H and O–H groups in total. The third-order valence-corrected chi connectivity index (χ3v) is 4.58. The van der Waals surface area contributed by atoms with Crippen LogP contribution < -0.4 is 16.0 Å². The smallest absolute Gasteiger partial charge is 0.319 e. The van der Waals surface area contributed by atoms with Crippen LogP contribution in [0, 0.1) is 19.7 Å². The van der Waals surface area contributed by atoms with Crippen LogP contribution in [0.3, 0.4) is 0 Å². The first-order chi connectivity index (χ1) is 12.4. The molecule has 0 fully saturated rings. The molecule has 3 rings (SSSR count). The molecule has 0 saturated carbocycles. The third kappa shape index (κ3) is 3.31. The van der Waals surface area contributed by atoms with Gasteiger partial charge in [-0.1, -0.05) is 30.3 Å². The highest BCUT2D eigenvalue weighted by atomic mass is 19.1. The van der Waals surface area contributed by atoms with E-state index < -0.39 is 23.8 Å². The van der Waals surface area contributed by atoms with Crippen molar-refractivity contribution in [2.45, 2.75) is 26.8 Å². The number of amides is 3. The highest BCUT2D eigenvalue weighted by molar-refractivity contribution is 6.07. The molecule has 1 heterocycles. The molecule has 2 aromatic rings. The van der Waals surface area contributed by atoms with Gasteiger partial charge in [0.1, 0.15) is 5.82 Å². The van der Waals surface area contributed by atoms with Gasteiger partial charge in [-0.3, -0.25) is 4.79 Å². The fourth-order valence-corrected chi connectivity index (χ4v) is 3.01. The number of aryl methyl sites for hydroxylation is 1. The van der Waals surface area contributed by atoms with Crippen LogP contribution in [0.25, 0.3) is 0 Å². The van der Waals surface area contributed by atoms with Crippen LogP contribution in [0.1, 0.15) is 29.7 Å². The summed E-state index contributed by atoms with van der Waals surface area (Å²) in [4.78, 5) is 24.8. The van der Waals surface area contributed by atoms with Crippen LogP contribution in [0.2, 0.25) is 0 Å². The van der Waals surface area contributed by atoms with Crippen molar-refractivity contribution in [2.24, 2.45) is 0 Å². The molecule has 0 radical (unpaired) electrons. The zero-order valence-electron chi connectivity index (χ0n) is 14.8. The minimum absolute atomic E-state index is 0.243. The Bertz CT molecular complexity index is 921.